The van der Waals surface area contributed by atoms with Gasteiger partial charge in [-0.1, -0.05) is 12.1 Å². The van der Waals surface area contributed by atoms with Gasteiger partial charge >= 0.3 is 0 Å². The maximum absolute atomic E-state index is 14.2. The molecular weight excluding hydrogens is 382 g/mol. The van der Waals surface area contributed by atoms with E-state index in [-0.39, 0.29) is 11.7 Å². The third kappa shape index (κ3) is 2.62. The number of benzene rings is 2. The molecule has 0 saturated carbocycles. The minimum Gasteiger partial charge on any atom is -0.337 e. The van der Waals surface area contributed by atoms with E-state index in [1.54, 1.807) is 24.1 Å². The summed E-state index contributed by atoms with van der Waals surface area (Å²) in [6.07, 6.45) is 0.357. The third-order valence-electron chi connectivity index (χ3n) is 3.66. The summed E-state index contributed by atoms with van der Waals surface area (Å²) in [5, 5.41) is 0. The molecule has 5 heteroatoms. The molecule has 3 rings (SSSR count). The molecule has 0 aliphatic carbocycles. The number of amides is 1. The number of carbonyl (C=O) groups excluding carboxylic acids is 1. The molecule has 0 bridgehead atoms. The van der Waals surface area contributed by atoms with Gasteiger partial charge in [-0.15, -0.1) is 0 Å². The average molecular weight is 396 g/mol. The minimum absolute atomic E-state index is 0.0382. The van der Waals surface area contributed by atoms with Gasteiger partial charge in [0.25, 0.3) is 0 Å². The monoisotopic (exact) mass is 396 g/mol. The fourth-order valence-corrected chi connectivity index (χ4v) is 3.02. The van der Waals surface area contributed by atoms with E-state index in [0.717, 1.165) is 14.9 Å². The van der Waals surface area contributed by atoms with Crippen LogP contribution in [0.4, 0.5) is 21.5 Å². The van der Waals surface area contributed by atoms with Gasteiger partial charge in [0.15, 0.2) is 0 Å². The molecule has 2 aromatic carbocycles. The van der Waals surface area contributed by atoms with Crippen LogP contribution in [0.5, 0.6) is 0 Å². The first-order chi connectivity index (χ1) is 10.1. The summed E-state index contributed by atoms with van der Waals surface area (Å²) in [7, 11) is 1.76. The van der Waals surface area contributed by atoms with Crippen molar-refractivity contribution in [3.8, 4) is 0 Å². The summed E-state index contributed by atoms with van der Waals surface area (Å²) in [6, 6.07) is 12.5. The van der Waals surface area contributed by atoms with E-state index in [9.17, 15) is 9.18 Å². The Morgan fingerprint density at radius 1 is 1.10 bits per heavy atom. The fraction of sp³-hybridized carbons (Fsp3) is 0.188. The van der Waals surface area contributed by atoms with Crippen molar-refractivity contribution in [3.63, 3.8) is 0 Å². The molecule has 0 unspecified atom stereocenters. The molecule has 2 aromatic rings. The quantitative estimate of drug-likeness (QED) is 0.682. The average Bonchev–Trinajstić information content (AvgIpc) is 2.59. The van der Waals surface area contributed by atoms with Crippen LogP contribution in [-0.4, -0.2) is 19.5 Å². The van der Waals surface area contributed by atoms with Gasteiger partial charge in [-0.25, -0.2) is 4.39 Å². The highest BCUT2D eigenvalue weighted by Gasteiger charge is 2.25. The van der Waals surface area contributed by atoms with E-state index in [0.29, 0.717) is 18.7 Å². The predicted molar refractivity (Wildman–Crippen MR) is 90.6 cm³/mol. The van der Waals surface area contributed by atoms with Crippen molar-refractivity contribution < 1.29 is 9.18 Å². The summed E-state index contributed by atoms with van der Waals surface area (Å²) in [5.41, 5.74) is 2.17. The Hall–Kier alpha value is -1.63. The van der Waals surface area contributed by atoms with Crippen LogP contribution >= 0.6 is 22.6 Å². The van der Waals surface area contributed by atoms with Crippen molar-refractivity contribution in [2.45, 2.75) is 6.42 Å². The molecule has 3 nitrogen and oxygen atoms in total. The SMILES string of the molecule is CN1C(=O)CCN(c2ccccc2F)c2cc(I)ccc21. The molecule has 0 atom stereocenters. The predicted octanol–water partition coefficient (Wildman–Crippen LogP) is 3.93. The van der Waals surface area contributed by atoms with Crippen LogP contribution in [0.25, 0.3) is 0 Å². The molecule has 0 N–H and O–H groups in total. The zero-order valence-electron chi connectivity index (χ0n) is 11.5. The van der Waals surface area contributed by atoms with Gasteiger partial charge in [0.2, 0.25) is 5.91 Å². The highest BCUT2D eigenvalue weighted by molar-refractivity contribution is 14.1. The van der Waals surface area contributed by atoms with Crippen molar-refractivity contribution in [3.05, 3.63) is 51.9 Å². The molecule has 1 amide bonds. The van der Waals surface area contributed by atoms with E-state index in [2.05, 4.69) is 22.6 Å². The van der Waals surface area contributed by atoms with E-state index in [4.69, 9.17) is 0 Å². The highest BCUT2D eigenvalue weighted by atomic mass is 127. The van der Waals surface area contributed by atoms with Gasteiger partial charge in [0.05, 0.1) is 17.1 Å². The van der Waals surface area contributed by atoms with Gasteiger partial charge in [0.1, 0.15) is 5.82 Å². The lowest BCUT2D eigenvalue weighted by Gasteiger charge is -2.26. The second kappa shape index (κ2) is 5.63. The van der Waals surface area contributed by atoms with Gasteiger partial charge in [-0.3, -0.25) is 4.79 Å². The number of fused-ring (bicyclic) bond motifs is 1. The van der Waals surface area contributed by atoms with Crippen LogP contribution in [0.2, 0.25) is 0 Å². The highest BCUT2D eigenvalue weighted by Crippen LogP contribution is 2.38. The first kappa shape index (κ1) is 14.3. The smallest absolute Gasteiger partial charge is 0.228 e. The van der Waals surface area contributed by atoms with E-state index in [1.165, 1.54) is 6.07 Å². The lowest BCUT2D eigenvalue weighted by atomic mass is 10.2. The molecule has 0 radical (unpaired) electrons. The van der Waals surface area contributed by atoms with Gasteiger partial charge < -0.3 is 9.80 Å². The Balaban J connectivity index is 2.19. The van der Waals surface area contributed by atoms with E-state index < -0.39 is 0 Å². The minimum atomic E-state index is -0.278. The number of halogens is 2. The van der Waals surface area contributed by atoms with Crippen LogP contribution in [0, 0.1) is 9.39 Å². The molecule has 1 aliphatic heterocycles. The molecule has 108 valence electrons. The molecule has 0 spiro atoms. The fourth-order valence-electron chi connectivity index (χ4n) is 2.55. The summed E-state index contributed by atoms with van der Waals surface area (Å²) < 4.78 is 15.2. The molecule has 21 heavy (non-hydrogen) atoms. The van der Waals surface area contributed by atoms with E-state index in [1.807, 2.05) is 29.2 Å². The number of para-hydroxylation sites is 1. The summed E-state index contributed by atoms with van der Waals surface area (Å²) >= 11 is 2.23. The zero-order valence-corrected chi connectivity index (χ0v) is 13.7. The van der Waals surface area contributed by atoms with Crippen molar-refractivity contribution >= 4 is 45.6 Å². The molecule has 1 aliphatic rings. The number of carbonyl (C=O) groups is 1. The van der Waals surface area contributed by atoms with E-state index >= 15 is 0 Å². The summed E-state index contributed by atoms with van der Waals surface area (Å²) in [5.74, 6) is -0.240. The molecule has 1 heterocycles. The standard InChI is InChI=1S/C16H14FIN2O/c1-19-14-7-6-11(18)10-15(14)20(9-8-16(19)21)13-5-3-2-4-12(13)17/h2-7,10H,8-9H2,1H3. The molecule has 0 saturated heterocycles. The third-order valence-corrected chi connectivity index (χ3v) is 4.33. The maximum atomic E-state index is 14.2. The molecule has 0 fully saturated rings. The molecular formula is C16H14FIN2O. The Kier molecular flexibility index (Phi) is 3.84. The Bertz CT molecular complexity index is 704. The van der Waals surface area contributed by atoms with Crippen molar-refractivity contribution in [1.29, 1.82) is 0 Å². The topological polar surface area (TPSA) is 23.6 Å². The summed E-state index contributed by atoms with van der Waals surface area (Å²) in [6.45, 7) is 0.469. The lowest BCUT2D eigenvalue weighted by Crippen LogP contribution is -2.25. The second-order valence-corrected chi connectivity index (χ2v) is 6.18. The number of rotatable bonds is 1. The Labute approximate surface area is 136 Å². The normalized spacial score (nSPS) is 14.9. The van der Waals surface area contributed by atoms with Crippen LogP contribution in [0.1, 0.15) is 6.42 Å². The molecule has 0 aromatic heterocycles. The van der Waals surface area contributed by atoms with Crippen molar-refractivity contribution in [2.75, 3.05) is 23.4 Å². The van der Waals surface area contributed by atoms with Gasteiger partial charge in [-0.2, -0.15) is 0 Å². The van der Waals surface area contributed by atoms with Crippen molar-refractivity contribution in [1.82, 2.24) is 0 Å². The van der Waals surface area contributed by atoms with Gasteiger partial charge in [-0.05, 0) is 52.9 Å². The van der Waals surface area contributed by atoms with Crippen LogP contribution in [0.15, 0.2) is 42.5 Å². The number of nitrogens with zero attached hydrogens (tertiary/aromatic N) is 2. The zero-order chi connectivity index (χ0) is 15.0. The number of hydrogen-bond acceptors (Lipinski definition) is 2. The maximum Gasteiger partial charge on any atom is 0.228 e. The Morgan fingerprint density at radius 3 is 2.62 bits per heavy atom. The Morgan fingerprint density at radius 2 is 1.86 bits per heavy atom. The lowest BCUT2D eigenvalue weighted by molar-refractivity contribution is -0.118. The van der Waals surface area contributed by atoms with Gasteiger partial charge in [0, 0.05) is 23.6 Å². The van der Waals surface area contributed by atoms with Crippen LogP contribution < -0.4 is 9.80 Å². The van der Waals surface area contributed by atoms with Crippen LogP contribution in [0.3, 0.4) is 0 Å². The number of anilines is 3. The second-order valence-electron chi connectivity index (χ2n) is 4.94. The first-order valence-corrected chi connectivity index (χ1v) is 7.74. The first-order valence-electron chi connectivity index (χ1n) is 6.66. The van der Waals surface area contributed by atoms with Crippen LogP contribution in [-0.2, 0) is 4.79 Å². The van der Waals surface area contributed by atoms with Crippen molar-refractivity contribution in [2.24, 2.45) is 0 Å². The largest absolute Gasteiger partial charge is 0.337 e. The number of hydrogen-bond donors (Lipinski definition) is 0. The summed E-state index contributed by atoms with van der Waals surface area (Å²) in [4.78, 5) is 15.7.